The fraction of sp³-hybridized carbons (Fsp3) is 0.400. The first-order valence-electron chi connectivity index (χ1n) is 4.31. The van der Waals surface area contributed by atoms with Gasteiger partial charge in [-0.15, -0.1) is 0 Å². The third-order valence-corrected chi connectivity index (χ3v) is 2.02. The van der Waals surface area contributed by atoms with Gasteiger partial charge in [-0.1, -0.05) is 25.4 Å². The highest BCUT2D eigenvalue weighted by molar-refractivity contribution is 6.29. The molecule has 0 radical (unpaired) electrons. The summed E-state index contributed by atoms with van der Waals surface area (Å²) in [6.07, 6.45) is 0. The highest BCUT2D eigenvalue weighted by Gasteiger charge is 2.16. The van der Waals surface area contributed by atoms with Crippen LogP contribution in [0.15, 0.2) is 12.1 Å². The Morgan fingerprint density at radius 1 is 1.50 bits per heavy atom. The number of hydrogen-bond acceptors (Lipinski definition) is 3. The van der Waals surface area contributed by atoms with Crippen molar-refractivity contribution in [1.82, 2.24) is 4.98 Å². The van der Waals surface area contributed by atoms with Crippen molar-refractivity contribution in [2.24, 2.45) is 5.92 Å². The topological polar surface area (TPSA) is 39.2 Å². The maximum Gasteiger partial charge on any atom is 0.225 e. The number of ketones is 1. The molecule has 1 aromatic heterocycles. The molecule has 1 aromatic rings. The Labute approximate surface area is 88.1 Å². The van der Waals surface area contributed by atoms with E-state index in [-0.39, 0.29) is 17.6 Å². The number of methoxy groups -OCH3 is 1. The number of halogens is 1. The summed E-state index contributed by atoms with van der Waals surface area (Å²) in [4.78, 5) is 15.6. The number of nitrogens with zero attached hydrogens (tertiary/aromatic N) is 1. The molecule has 1 rings (SSSR count). The standard InChI is InChI=1S/C10H12ClNO2/c1-6(2)9(13)7-4-5-8(11)12-10(7)14-3/h4-6H,1-3H3. The Hall–Kier alpha value is -1.09. The molecule has 0 bridgehead atoms. The number of aromatic nitrogens is 1. The molecule has 4 heteroatoms. The minimum Gasteiger partial charge on any atom is -0.480 e. The average molecular weight is 214 g/mol. The van der Waals surface area contributed by atoms with Crippen molar-refractivity contribution in [3.63, 3.8) is 0 Å². The molecule has 0 atom stereocenters. The van der Waals surface area contributed by atoms with Crippen LogP contribution >= 0.6 is 11.6 Å². The first-order valence-corrected chi connectivity index (χ1v) is 4.68. The van der Waals surface area contributed by atoms with E-state index in [9.17, 15) is 4.79 Å². The summed E-state index contributed by atoms with van der Waals surface area (Å²) in [6.45, 7) is 3.66. The van der Waals surface area contributed by atoms with Crippen molar-refractivity contribution >= 4 is 17.4 Å². The largest absolute Gasteiger partial charge is 0.480 e. The lowest BCUT2D eigenvalue weighted by atomic mass is 10.0. The molecule has 0 N–H and O–H groups in total. The second kappa shape index (κ2) is 4.42. The Kier molecular flexibility index (Phi) is 3.47. The number of carbonyl (C=O) groups excluding carboxylic acids is 1. The minimum absolute atomic E-state index is 0.00557. The molecule has 0 aliphatic rings. The molecule has 0 aliphatic carbocycles. The summed E-state index contributed by atoms with van der Waals surface area (Å²) >= 11 is 5.68. The van der Waals surface area contributed by atoms with Crippen LogP contribution in [-0.2, 0) is 0 Å². The zero-order valence-electron chi connectivity index (χ0n) is 8.37. The van der Waals surface area contributed by atoms with E-state index >= 15 is 0 Å². The van der Waals surface area contributed by atoms with E-state index in [1.807, 2.05) is 13.8 Å². The molecular formula is C10H12ClNO2. The molecular weight excluding hydrogens is 202 g/mol. The van der Waals surface area contributed by atoms with Gasteiger partial charge >= 0.3 is 0 Å². The van der Waals surface area contributed by atoms with Crippen LogP contribution in [0.1, 0.15) is 24.2 Å². The Morgan fingerprint density at radius 2 is 2.14 bits per heavy atom. The normalized spacial score (nSPS) is 10.4. The van der Waals surface area contributed by atoms with Crippen molar-refractivity contribution in [3.8, 4) is 5.88 Å². The maximum atomic E-state index is 11.7. The summed E-state index contributed by atoms with van der Waals surface area (Å²) in [5.41, 5.74) is 0.479. The summed E-state index contributed by atoms with van der Waals surface area (Å²) in [7, 11) is 1.47. The summed E-state index contributed by atoms with van der Waals surface area (Å²) in [6, 6.07) is 3.22. The number of Topliss-reactive ketones (excluding diaryl/α,β-unsaturated/α-hetero) is 1. The summed E-state index contributed by atoms with van der Waals surface area (Å²) in [5.74, 6) is 0.217. The predicted octanol–water partition coefficient (Wildman–Crippen LogP) is 2.58. The second-order valence-corrected chi connectivity index (χ2v) is 3.60. The molecule has 0 spiro atoms. The van der Waals surface area contributed by atoms with E-state index in [1.165, 1.54) is 7.11 Å². The number of rotatable bonds is 3. The van der Waals surface area contributed by atoms with E-state index in [1.54, 1.807) is 12.1 Å². The van der Waals surface area contributed by atoms with Crippen LogP contribution in [0.2, 0.25) is 5.15 Å². The van der Waals surface area contributed by atoms with Gasteiger partial charge in [-0.25, -0.2) is 4.98 Å². The van der Waals surface area contributed by atoms with E-state index in [0.717, 1.165) is 0 Å². The zero-order valence-corrected chi connectivity index (χ0v) is 9.13. The van der Waals surface area contributed by atoms with E-state index in [2.05, 4.69) is 4.98 Å². The van der Waals surface area contributed by atoms with Gasteiger partial charge < -0.3 is 4.74 Å². The van der Waals surface area contributed by atoms with Crippen LogP contribution in [0.3, 0.4) is 0 Å². The van der Waals surface area contributed by atoms with Crippen LogP contribution in [0.5, 0.6) is 5.88 Å². The van der Waals surface area contributed by atoms with Crippen LogP contribution in [0.25, 0.3) is 0 Å². The van der Waals surface area contributed by atoms with Gasteiger partial charge in [-0.2, -0.15) is 0 Å². The highest BCUT2D eigenvalue weighted by Crippen LogP contribution is 2.21. The van der Waals surface area contributed by atoms with E-state index in [0.29, 0.717) is 10.7 Å². The van der Waals surface area contributed by atoms with Gasteiger partial charge in [0.05, 0.1) is 12.7 Å². The fourth-order valence-electron chi connectivity index (χ4n) is 1.07. The summed E-state index contributed by atoms with van der Waals surface area (Å²) < 4.78 is 4.98. The van der Waals surface area contributed by atoms with E-state index < -0.39 is 0 Å². The molecule has 0 aromatic carbocycles. The molecule has 0 saturated carbocycles. The quantitative estimate of drug-likeness (QED) is 0.572. The van der Waals surface area contributed by atoms with Gasteiger partial charge in [-0.05, 0) is 12.1 Å². The average Bonchev–Trinajstić information content (AvgIpc) is 2.16. The lowest BCUT2D eigenvalue weighted by Gasteiger charge is -2.08. The van der Waals surface area contributed by atoms with Crippen LogP contribution in [-0.4, -0.2) is 17.9 Å². The molecule has 0 aliphatic heterocycles. The Bertz CT molecular complexity index is 350. The van der Waals surface area contributed by atoms with Gasteiger partial charge in [0.2, 0.25) is 5.88 Å². The maximum absolute atomic E-state index is 11.7. The van der Waals surface area contributed by atoms with Crippen LogP contribution in [0, 0.1) is 5.92 Å². The van der Waals surface area contributed by atoms with Crippen LogP contribution in [0.4, 0.5) is 0 Å². The molecule has 0 fully saturated rings. The first-order chi connectivity index (χ1) is 6.56. The van der Waals surface area contributed by atoms with Crippen molar-refractivity contribution < 1.29 is 9.53 Å². The third kappa shape index (κ3) is 2.23. The lowest BCUT2D eigenvalue weighted by molar-refractivity contribution is 0.0935. The summed E-state index contributed by atoms with van der Waals surface area (Å²) in [5, 5.41) is 0.321. The zero-order chi connectivity index (χ0) is 10.7. The van der Waals surface area contributed by atoms with Crippen molar-refractivity contribution in [2.75, 3.05) is 7.11 Å². The fourth-order valence-corrected chi connectivity index (χ4v) is 1.21. The first kappa shape index (κ1) is 11.0. The lowest BCUT2D eigenvalue weighted by Crippen LogP contribution is -2.10. The number of hydrogen-bond donors (Lipinski definition) is 0. The number of ether oxygens (including phenoxy) is 1. The SMILES string of the molecule is COc1nc(Cl)ccc1C(=O)C(C)C. The Morgan fingerprint density at radius 3 is 2.64 bits per heavy atom. The van der Waals surface area contributed by atoms with Crippen molar-refractivity contribution in [2.45, 2.75) is 13.8 Å². The molecule has 0 saturated heterocycles. The van der Waals surface area contributed by atoms with Gasteiger partial charge in [0, 0.05) is 5.92 Å². The van der Waals surface area contributed by atoms with Crippen molar-refractivity contribution in [3.05, 3.63) is 22.8 Å². The molecule has 0 unspecified atom stereocenters. The molecule has 3 nitrogen and oxygen atoms in total. The van der Waals surface area contributed by atoms with E-state index in [4.69, 9.17) is 16.3 Å². The third-order valence-electron chi connectivity index (χ3n) is 1.81. The molecule has 76 valence electrons. The highest BCUT2D eigenvalue weighted by atomic mass is 35.5. The van der Waals surface area contributed by atoms with Crippen molar-refractivity contribution in [1.29, 1.82) is 0 Å². The van der Waals surface area contributed by atoms with Gasteiger partial charge in [-0.3, -0.25) is 4.79 Å². The Balaban J connectivity index is 3.14. The number of carbonyl (C=O) groups is 1. The monoisotopic (exact) mass is 213 g/mol. The molecule has 0 amide bonds. The van der Waals surface area contributed by atoms with Gasteiger partial charge in [0.15, 0.2) is 5.78 Å². The van der Waals surface area contributed by atoms with Gasteiger partial charge in [0.1, 0.15) is 5.15 Å². The molecule has 1 heterocycles. The number of pyridine rings is 1. The molecule has 14 heavy (non-hydrogen) atoms. The smallest absolute Gasteiger partial charge is 0.225 e. The minimum atomic E-state index is -0.0770. The predicted molar refractivity (Wildman–Crippen MR) is 55.0 cm³/mol. The van der Waals surface area contributed by atoms with Gasteiger partial charge in [0.25, 0.3) is 0 Å². The van der Waals surface area contributed by atoms with Crippen LogP contribution < -0.4 is 4.74 Å². The second-order valence-electron chi connectivity index (χ2n) is 3.21.